The van der Waals surface area contributed by atoms with Crippen LogP contribution in [-0.4, -0.2) is 41.0 Å². The van der Waals surface area contributed by atoms with E-state index in [0.29, 0.717) is 24.3 Å². The molecule has 4 rings (SSSR count). The lowest BCUT2D eigenvalue weighted by Crippen LogP contribution is -2.10. The smallest absolute Gasteiger partial charge is 0.311 e. The average molecular weight is 695 g/mol. The third-order valence-corrected chi connectivity index (χ3v) is 10.3. The van der Waals surface area contributed by atoms with E-state index in [1.807, 2.05) is 27.7 Å². The molecular formula is C36H38O10S2. The van der Waals surface area contributed by atoms with Crippen LogP contribution in [0.15, 0.2) is 117 Å². The number of hydrogen-bond donors (Lipinski definition) is 0. The van der Waals surface area contributed by atoms with Crippen molar-refractivity contribution in [2.24, 2.45) is 0 Å². The van der Waals surface area contributed by atoms with Gasteiger partial charge in [0.05, 0.1) is 31.8 Å². The fraction of sp³-hybridized carbons (Fsp3) is 0.278. The van der Waals surface area contributed by atoms with Gasteiger partial charge >= 0.3 is 11.9 Å². The molecule has 0 aliphatic carbocycles. The van der Waals surface area contributed by atoms with Gasteiger partial charge in [-0.2, -0.15) is 0 Å². The van der Waals surface area contributed by atoms with E-state index in [1.54, 1.807) is 24.3 Å². The van der Waals surface area contributed by atoms with E-state index >= 15 is 0 Å². The van der Waals surface area contributed by atoms with Crippen LogP contribution in [0, 0.1) is 0 Å². The standard InChI is InChI=1S/C36H38O10S2/c1-25(2)43-27-9-17-31(18-10-27)47(39,40)33-21-13-29(14-22-33)45-35(37)7-5-6-8-36(38)46-30-15-23-34(24-16-30)48(41,42)32-19-11-28(12-20-32)44-26(3)4/h9-26H,5-8H2,1-4H3. The molecule has 0 unspecified atom stereocenters. The number of benzene rings is 4. The molecule has 254 valence electrons. The molecule has 4 aromatic carbocycles. The first kappa shape index (κ1) is 36.2. The molecule has 0 heterocycles. The zero-order valence-corrected chi connectivity index (χ0v) is 28.8. The monoisotopic (exact) mass is 694 g/mol. The molecule has 0 aromatic heterocycles. The number of carbonyl (C=O) groups excluding carboxylic acids is 2. The van der Waals surface area contributed by atoms with Crippen LogP contribution in [-0.2, 0) is 29.3 Å². The molecule has 0 N–H and O–H groups in total. The molecule has 48 heavy (non-hydrogen) atoms. The van der Waals surface area contributed by atoms with Crippen LogP contribution >= 0.6 is 0 Å². The van der Waals surface area contributed by atoms with Gasteiger partial charge in [0.1, 0.15) is 23.0 Å². The molecule has 0 radical (unpaired) electrons. The Bertz CT molecular complexity index is 1750. The van der Waals surface area contributed by atoms with Crippen molar-refractivity contribution >= 4 is 31.6 Å². The largest absolute Gasteiger partial charge is 0.491 e. The SMILES string of the molecule is CC(C)Oc1ccc(S(=O)(=O)c2ccc(OC(=O)CCCCC(=O)Oc3ccc(S(=O)(=O)c4ccc(OC(C)C)cc4)cc3)cc2)cc1. The summed E-state index contributed by atoms with van der Waals surface area (Å²) in [5.41, 5.74) is 0. The van der Waals surface area contributed by atoms with Crippen LogP contribution in [0.25, 0.3) is 0 Å². The van der Waals surface area contributed by atoms with Gasteiger partial charge in [0.25, 0.3) is 0 Å². The predicted molar refractivity (Wildman–Crippen MR) is 178 cm³/mol. The second-order valence-electron chi connectivity index (χ2n) is 11.4. The first-order valence-electron chi connectivity index (χ1n) is 15.4. The number of unbranched alkanes of at least 4 members (excludes halogenated alkanes) is 1. The van der Waals surface area contributed by atoms with Crippen LogP contribution in [0.1, 0.15) is 53.4 Å². The van der Waals surface area contributed by atoms with Gasteiger partial charge in [-0.05, 0) is 138 Å². The summed E-state index contributed by atoms with van der Waals surface area (Å²) in [6.07, 6.45) is 0.715. The molecule has 0 aliphatic rings. The second-order valence-corrected chi connectivity index (χ2v) is 15.3. The summed E-state index contributed by atoms with van der Waals surface area (Å²) in [7, 11) is -7.55. The van der Waals surface area contributed by atoms with Gasteiger partial charge in [-0.1, -0.05) is 0 Å². The van der Waals surface area contributed by atoms with E-state index < -0.39 is 31.6 Å². The third kappa shape index (κ3) is 9.91. The third-order valence-electron chi connectivity index (χ3n) is 6.75. The fourth-order valence-electron chi connectivity index (χ4n) is 4.49. The highest BCUT2D eigenvalue weighted by Gasteiger charge is 2.20. The van der Waals surface area contributed by atoms with Gasteiger partial charge in [-0.3, -0.25) is 9.59 Å². The normalized spacial score (nSPS) is 11.7. The Balaban J connectivity index is 1.20. The quantitative estimate of drug-likeness (QED) is 0.0726. The summed E-state index contributed by atoms with van der Waals surface area (Å²) in [5.74, 6) is 0.472. The summed E-state index contributed by atoms with van der Waals surface area (Å²) >= 11 is 0. The zero-order valence-electron chi connectivity index (χ0n) is 27.1. The van der Waals surface area contributed by atoms with Gasteiger partial charge in [0.15, 0.2) is 0 Å². The predicted octanol–water partition coefficient (Wildman–Crippen LogP) is 7.00. The Labute approximate surface area is 281 Å². The zero-order chi connectivity index (χ0) is 34.9. The first-order chi connectivity index (χ1) is 22.7. The van der Waals surface area contributed by atoms with Crippen molar-refractivity contribution in [1.29, 1.82) is 0 Å². The minimum absolute atomic E-state index is 0.0358. The van der Waals surface area contributed by atoms with Gasteiger partial charge in [0.2, 0.25) is 19.7 Å². The molecule has 0 saturated carbocycles. The van der Waals surface area contributed by atoms with Crippen LogP contribution in [0.5, 0.6) is 23.0 Å². The van der Waals surface area contributed by atoms with Crippen molar-refractivity contribution in [3.8, 4) is 23.0 Å². The summed E-state index contributed by atoms with van der Waals surface area (Å²) in [6, 6.07) is 23.4. The molecule has 0 aliphatic heterocycles. The maximum atomic E-state index is 13.0. The minimum Gasteiger partial charge on any atom is -0.491 e. The minimum atomic E-state index is -3.77. The Morgan fingerprint density at radius 1 is 0.458 bits per heavy atom. The average Bonchev–Trinajstić information content (AvgIpc) is 3.03. The van der Waals surface area contributed by atoms with Crippen LogP contribution in [0.2, 0.25) is 0 Å². The molecular weight excluding hydrogens is 657 g/mol. The van der Waals surface area contributed by atoms with E-state index in [1.165, 1.54) is 72.8 Å². The highest BCUT2D eigenvalue weighted by atomic mass is 32.2. The van der Waals surface area contributed by atoms with Gasteiger partial charge < -0.3 is 18.9 Å². The summed E-state index contributed by atoms with van der Waals surface area (Å²) in [4.78, 5) is 25.0. The molecule has 0 fully saturated rings. The highest BCUT2D eigenvalue weighted by molar-refractivity contribution is 7.91. The van der Waals surface area contributed by atoms with Gasteiger partial charge in [-0.25, -0.2) is 16.8 Å². The maximum absolute atomic E-state index is 13.0. The molecule has 4 aromatic rings. The van der Waals surface area contributed by atoms with Crippen LogP contribution < -0.4 is 18.9 Å². The van der Waals surface area contributed by atoms with E-state index in [9.17, 15) is 26.4 Å². The van der Waals surface area contributed by atoms with Crippen LogP contribution in [0.4, 0.5) is 0 Å². The number of hydrogen-bond acceptors (Lipinski definition) is 10. The molecule has 0 amide bonds. The highest BCUT2D eigenvalue weighted by Crippen LogP contribution is 2.27. The lowest BCUT2D eigenvalue weighted by Gasteiger charge is -2.11. The summed E-state index contributed by atoms with van der Waals surface area (Å²) < 4.78 is 73.6. The van der Waals surface area contributed by atoms with Crippen molar-refractivity contribution in [1.82, 2.24) is 0 Å². The van der Waals surface area contributed by atoms with Crippen molar-refractivity contribution in [2.75, 3.05) is 0 Å². The summed E-state index contributed by atoms with van der Waals surface area (Å²) in [5, 5.41) is 0. The van der Waals surface area contributed by atoms with Crippen molar-refractivity contribution in [3.63, 3.8) is 0 Å². The van der Waals surface area contributed by atoms with Gasteiger partial charge in [-0.15, -0.1) is 0 Å². The number of rotatable bonds is 15. The number of carbonyl (C=O) groups is 2. The second kappa shape index (κ2) is 15.9. The Morgan fingerprint density at radius 3 is 0.958 bits per heavy atom. The molecule has 0 bridgehead atoms. The number of sulfone groups is 2. The first-order valence-corrected chi connectivity index (χ1v) is 18.4. The molecule has 0 atom stereocenters. The number of esters is 2. The Hall–Kier alpha value is -4.68. The lowest BCUT2D eigenvalue weighted by atomic mass is 10.2. The van der Waals surface area contributed by atoms with Crippen molar-refractivity contribution in [2.45, 2.75) is 85.2 Å². The summed E-state index contributed by atoms with van der Waals surface area (Å²) in [6.45, 7) is 7.51. The van der Waals surface area contributed by atoms with Crippen molar-refractivity contribution in [3.05, 3.63) is 97.1 Å². The van der Waals surface area contributed by atoms with E-state index in [-0.39, 0.29) is 56.1 Å². The van der Waals surface area contributed by atoms with E-state index in [0.717, 1.165) is 0 Å². The maximum Gasteiger partial charge on any atom is 0.311 e. The molecule has 12 heteroatoms. The molecule has 0 spiro atoms. The fourth-order valence-corrected chi connectivity index (χ4v) is 7.01. The van der Waals surface area contributed by atoms with Crippen molar-refractivity contribution < 1.29 is 45.4 Å². The lowest BCUT2D eigenvalue weighted by molar-refractivity contribution is -0.136. The molecule has 0 saturated heterocycles. The topological polar surface area (TPSA) is 139 Å². The van der Waals surface area contributed by atoms with Gasteiger partial charge in [0, 0.05) is 12.8 Å². The molecule has 10 nitrogen and oxygen atoms in total. The number of ether oxygens (including phenoxy) is 4. The Morgan fingerprint density at radius 2 is 0.708 bits per heavy atom. The van der Waals surface area contributed by atoms with Crippen LogP contribution in [0.3, 0.4) is 0 Å². The Kier molecular flexibility index (Phi) is 12.0. The van der Waals surface area contributed by atoms with E-state index in [4.69, 9.17) is 18.9 Å². The van der Waals surface area contributed by atoms with E-state index in [2.05, 4.69) is 0 Å².